The van der Waals surface area contributed by atoms with E-state index >= 15 is 0 Å². The lowest BCUT2D eigenvalue weighted by Crippen LogP contribution is -1.84. The normalized spacial score (nSPS) is 26.8. The molecule has 2 rings (SSSR count). The minimum absolute atomic E-state index is 0.299. The van der Waals surface area contributed by atoms with Crippen molar-refractivity contribution in [1.29, 1.82) is 0 Å². The third kappa shape index (κ3) is 1.27. The number of carbonyl (C=O) groups excluding carboxylic acids is 1. The molecule has 0 unspecified atom stereocenters. The minimum Gasteiger partial charge on any atom is -0.303 e. The molecule has 62 valence electrons. The van der Waals surface area contributed by atoms with Crippen LogP contribution in [0, 0.1) is 12.8 Å². The van der Waals surface area contributed by atoms with E-state index in [0.29, 0.717) is 11.8 Å². The standard InChI is InChI=1S/C11H12O/c1-8-2-4-9(5-3-8)11-6-10(11)7-12/h2-5,7,10-11H,6H2,1H3/t10-,11+/m0/s1. The van der Waals surface area contributed by atoms with Crippen molar-refractivity contribution in [3.05, 3.63) is 35.4 Å². The van der Waals surface area contributed by atoms with Crippen molar-refractivity contribution in [3.63, 3.8) is 0 Å². The highest BCUT2D eigenvalue weighted by Gasteiger charge is 2.37. The number of carbonyl (C=O) groups is 1. The van der Waals surface area contributed by atoms with E-state index in [-0.39, 0.29) is 0 Å². The number of aldehydes is 1. The number of benzene rings is 1. The van der Waals surface area contributed by atoms with Gasteiger partial charge in [-0.25, -0.2) is 0 Å². The highest BCUT2D eigenvalue weighted by molar-refractivity contribution is 5.61. The van der Waals surface area contributed by atoms with E-state index in [1.807, 2.05) is 0 Å². The van der Waals surface area contributed by atoms with Crippen LogP contribution in [-0.2, 0) is 4.79 Å². The maximum atomic E-state index is 10.4. The zero-order chi connectivity index (χ0) is 8.55. The van der Waals surface area contributed by atoms with Gasteiger partial charge in [-0.15, -0.1) is 0 Å². The molecule has 0 heterocycles. The van der Waals surface area contributed by atoms with Crippen LogP contribution in [0.15, 0.2) is 24.3 Å². The second kappa shape index (κ2) is 2.74. The third-order valence-electron chi connectivity index (χ3n) is 2.52. The summed E-state index contributed by atoms with van der Waals surface area (Å²) >= 11 is 0. The highest BCUT2D eigenvalue weighted by Crippen LogP contribution is 2.45. The predicted octanol–water partition coefficient (Wildman–Crippen LogP) is 2.30. The summed E-state index contributed by atoms with van der Waals surface area (Å²) in [5.74, 6) is 0.816. The molecule has 1 aliphatic carbocycles. The van der Waals surface area contributed by atoms with E-state index in [1.165, 1.54) is 11.1 Å². The molecule has 1 aromatic carbocycles. The molecule has 1 saturated carbocycles. The van der Waals surface area contributed by atoms with E-state index < -0.39 is 0 Å². The molecule has 1 aliphatic rings. The average molecular weight is 160 g/mol. The topological polar surface area (TPSA) is 17.1 Å². The van der Waals surface area contributed by atoms with Crippen molar-refractivity contribution in [3.8, 4) is 0 Å². The Morgan fingerprint density at radius 2 is 2.00 bits per heavy atom. The summed E-state index contributed by atoms with van der Waals surface area (Å²) in [5, 5.41) is 0. The van der Waals surface area contributed by atoms with Gasteiger partial charge in [0.25, 0.3) is 0 Å². The first-order chi connectivity index (χ1) is 5.81. The van der Waals surface area contributed by atoms with Crippen LogP contribution in [0.2, 0.25) is 0 Å². The first-order valence-corrected chi connectivity index (χ1v) is 4.33. The molecule has 1 fully saturated rings. The second-order valence-corrected chi connectivity index (χ2v) is 3.55. The van der Waals surface area contributed by atoms with Crippen LogP contribution in [0.25, 0.3) is 0 Å². The summed E-state index contributed by atoms with van der Waals surface area (Å²) in [6, 6.07) is 8.47. The first kappa shape index (κ1) is 7.53. The lowest BCUT2D eigenvalue weighted by Gasteiger charge is -1.97. The molecule has 12 heavy (non-hydrogen) atoms. The fraction of sp³-hybridized carbons (Fsp3) is 0.364. The maximum absolute atomic E-state index is 10.4. The number of aryl methyl sites for hydroxylation is 1. The number of rotatable bonds is 2. The molecule has 0 aliphatic heterocycles. The van der Waals surface area contributed by atoms with Gasteiger partial charge in [0.2, 0.25) is 0 Å². The SMILES string of the molecule is Cc1ccc([C@H]2C[C@H]2C=O)cc1. The molecule has 0 bridgehead atoms. The van der Waals surface area contributed by atoms with E-state index in [2.05, 4.69) is 31.2 Å². The van der Waals surface area contributed by atoms with E-state index in [9.17, 15) is 4.79 Å². The Labute approximate surface area is 72.4 Å². The molecule has 1 aromatic rings. The summed E-state index contributed by atoms with van der Waals surface area (Å²) in [7, 11) is 0. The Hall–Kier alpha value is -1.11. The Bertz CT molecular complexity index is 286. The fourth-order valence-electron chi connectivity index (χ4n) is 1.56. The van der Waals surface area contributed by atoms with Crippen LogP contribution in [-0.4, -0.2) is 6.29 Å². The highest BCUT2D eigenvalue weighted by atomic mass is 16.1. The monoisotopic (exact) mass is 160 g/mol. The molecular formula is C11H12O. The van der Waals surface area contributed by atoms with Crippen LogP contribution in [0.4, 0.5) is 0 Å². The van der Waals surface area contributed by atoms with Crippen molar-refractivity contribution in [1.82, 2.24) is 0 Å². The maximum Gasteiger partial charge on any atom is 0.123 e. The summed E-state index contributed by atoms with van der Waals surface area (Å²) in [4.78, 5) is 10.4. The largest absolute Gasteiger partial charge is 0.303 e. The molecule has 0 radical (unpaired) electrons. The zero-order valence-electron chi connectivity index (χ0n) is 7.16. The molecular weight excluding hydrogens is 148 g/mol. The van der Waals surface area contributed by atoms with Crippen LogP contribution in [0.5, 0.6) is 0 Å². The quantitative estimate of drug-likeness (QED) is 0.607. The smallest absolute Gasteiger partial charge is 0.123 e. The third-order valence-corrected chi connectivity index (χ3v) is 2.52. The fourth-order valence-corrected chi connectivity index (χ4v) is 1.56. The van der Waals surface area contributed by atoms with Gasteiger partial charge >= 0.3 is 0 Å². The van der Waals surface area contributed by atoms with Gasteiger partial charge in [0.1, 0.15) is 6.29 Å². The van der Waals surface area contributed by atoms with Gasteiger partial charge in [0.15, 0.2) is 0 Å². The Balaban J connectivity index is 2.15. The Morgan fingerprint density at radius 1 is 1.33 bits per heavy atom. The van der Waals surface area contributed by atoms with Crippen LogP contribution >= 0.6 is 0 Å². The van der Waals surface area contributed by atoms with Crippen LogP contribution in [0.3, 0.4) is 0 Å². The summed E-state index contributed by atoms with van der Waals surface area (Å²) in [5.41, 5.74) is 2.60. The zero-order valence-corrected chi connectivity index (χ0v) is 7.16. The van der Waals surface area contributed by atoms with Gasteiger partial charge in [-0.3, -0.25) is 0 Å². The molecule has 0 spiro atoms. The lowest BCUT2D eigenvalue weighted by atomic mass is 10.1. The van der Waals surface area contributed by atoms with E-state index in [1.54, 1.807) is 0 Å². The van der Waals surface area contributed by atoms with E-state index in [4.69, 9.17) is 0 Å². The van der Waals surface area contributed by atoms with Crippen molar-refractivity contribution in [2.75, 3.05) is 0 Å². The summed E-state index contributed by atoms with van der Waals surface area (Å²) in [6.45, 7) is 2.08. The van der Waals surface area contributed by atoms with E-state index in [0.717, 1.165) is 12.7 Å². The molecule has 0 N–H and O–H groups in total. The lowest BCUT2D eigenvalue weighted by molar-refractivity contribution is -0.108. The molecule has 2 atom stereocenters. The van der Waals surface area contributed by atoms with Crippen molar-refractivity contribution in [2.24, 2.45) is 5.92 Å². The molecule has 1 heteroatoms. The minimum atomic E-state index is 0.299. The van der Waals surface area contributed by atoms with Gasteiger partial charge in [0.05, 0.1) is 0 Å². The van der Waals surface area contributed by atoms with Crippen molar-refractivity contribution < 1.29 is 4.79 Å². The van der Waals surface area contributed by atoms with Gasteiger partial charge in [-0.05, 0) is 24.8 Å². The van der Waals surface area contributed by atoms with Gasteiger partial charge < -0.3 is 4.79 Å². The van der Waals surface area contributed by atoms with Gasteiger partial charge in [-0.2, -0.15) is 0 Å². The van der Waals surface area contributed by atoms with Crippen LogP contribution in [0.1, 0.15) is 23.5 Å². The summed E-state index contributed by atoms with van der Waals surface area (Å²) < 4.78 is 0. The predicted molar refractivity (Wildman–Crippen MR) is 48.1 cm³/mol. The van der Waals surface area contributed by atoms with Crippen molar-refractivity contribution >= 4 is 6.29 Å². The molecule has 0 amide bonds. The number of hydrogen-bond acceptors (Lipinski definition) is 1. The molecule has 0 aromatic heterocycles. The second-order valence-electron chi connectivity index (χ2n) is 3.55. The molecule has 1 nitrogen and oxygen atoms in total. The Morgan fingerprint density at radius 3 is 2.50 bits per heavy atom. The van der Waals surface area contributed by atoms with Crippen LogP contribution < -0.4 is 0 Å². The number of hydrogen-bond donors (Lipinski definition) is 0. The van der Waals surface area contributed by atoms with Gasteiger partial charge in [-0.1, -0.05) is 29.8 Å². The van der Waals surface area contributed by atoms with Gasteiger partial charge in [0, 0.05) is 5.92 Å². The molecule has 0 saturated heterocycles. The Kier molecular flexibility index (Phi) is 1.72. The average Bonchev–Trinajstić information content (AvgIpc) is 2.85. The summed E-state index contributed by atoms with van der Waals surface area (Å²) in [6.07, 6.45) is 2.12. The first-order valence-electron chi connectivity index (χ1n) is 4.33. The van der Waals surface area contributed by atoms with Crippen molar-refractivity contribution in [2.45, 2.75) is 19.3 Å².